The number of ether oxygens (including phenoxy) is 1. The number of hydrogen-bond donors (Lipinski definition) is 0. The van der Waals surface area contributed by atoms with Crippen LogP contribution in [-0.4, -0.2) is 43.4 Å². The minimum Gasteiger partial charge on any atom is -0.494 e. The summed E-state index contributed by atoms with van der Waals surface area (Å²) in [6, 6.07) is 11.8. The lowest BCUT2D eigenvalue weighted by molar-refractivity contribution is 0.0681. The van der Waals surface area contributed by atoms with Gasteiger partial charge < -0.3 is 9.64 Å². The van der Waals surface area contributed by atoms with Crippen LogP contribution in [0.15, 0.2) is 42.5 Å². The molecule has 2 aromatic rings. The van der Waals surface area contributed by atoms with Crippen LogP contribution >= 0.6 is 23.2 Å². The SMILES string of the molecule is CCCOc1ccc(CN(C(=O)c2ccc(Cl)cc2Cl)C2CCS(=O)(=O)C2)cc1. The van der Waals surface area contributed by atoms with Crippen molar-refractivity contribution in [3.8, 4) is 5.75 Å². The molecule has 1 atom stereocenters. The van der Waals surface area contributed by atoms with Crippen molar-refractivity contribution in [3.63, 3.8) is 0 Å². The molecule has 0 spiro atoms. The van der Waals surface area contributed by atoms with Crippen LogP contribution < -0.4 is 4.74 Å². The molecule has 1 amide bonds. The molecular weight excluding hydrogens is 433 g/mol. The van der Waals surface area contributed by atoms with Crippen LogP contribution in [0.25, 0.3) is 0 Å². The molecule has 0 aromatic heterocycles. The number of carbonyl (C=O) groups excluding carboxylic acids is 1. The smallest absolute Gasteiger partial charge is 0.255 e. The second-order valence-electron chi connectivity index (χ2n) is 7.11. The summed E-state index contributed by atoms with van der Waals surface area (Å²) in [5, 5.41) is 0.681. The number of carbonyl (C=O) groups is 1. The van der Waals surface area contributed by atoms with Crippen LogP contribution in [0.2, 0.25) is 10.0 Å². The average molecular weight is 456 g/mol. The van der Waals surface area contributed by atoms with E-state index >= 15 is 0 Å². The van der Waals surface area contributed by atoms with Gasteiger partial charge in [0.25, 0.3) is 5.91 Å². The van der Waals surface area contributed by atoms with Crippen molar-refractivity contribution in [2.24, 2.45) is 0 Å². The Morgan fingerprint density at radius 1 is 1.17 bits per heavy atom. The van der Waals surface area contributed by atoms with Gasteiger partial charge in [0.05, 0.1) is 28.7 Å². The molecule has 0 saturated carbocycles. The first-order chi connectivity index (χ1) is 13.8. The Kier molecular flexibility index (Phi) is 7.09. The Bertz CT molecular complexity index is 977. The Morgan fingerprint density at radius 2 is 1.90 bits per heavy atom. The lowest BCUT2D eigenvalue weighted by Gasteiger charge is -2.29. The molecule has 5 nitrogen and oxygen atoms in total. The highest BCUT2D eigenvalue weighted by molar-refractivity contribution is 7.91. The van der Waals surface area contributed by atoms with Gasteiger partial charge in [-0.3, -0.25) is 4.79 Å². The van der Waals surface area contributed by atoms with Crippen LogP contribution in [-0.2, 0) is 16.4 Å². The maximum absolute atomic E-state index is 13.3. The molecule has 29 heavy (non-hydrogen) atoms. The highest BCUT2D eigenvalue weighted by Gasteiger charge is 2.35. The van der Waals surface area contributed by atoms with E-state index in [0.29, 0.717) is 23.6 Å². The van der Waals surface area contributed by atoms with Crippen LogP contribution in [0.1, 0.15) is 35.7 Å². The van der Waals surface area contributed by atoms with E-state index in [2.05, 4.69) is 0 Å². The molecule has 1 unspecified atom stereocenters. The van der Waals surface area contributed by atoms with Crippen LogP contribution in [0.3, 0.4) is 0 Å². The van der Waals surface area contributed by atoms with Gasteiger partial charge in [-0.15, -0.1) is 0 Å². The van der Waals surface area contributed by atoms with Gasteiger partial charge in [-0.2, -0.15) is 0 Å². The quantitative estimate of drug-likeness (QED) is 0.611. The predicted octanol–water partition coefficient (Wildman–Crippen LogP) is 4.61. The van der Waals surface area contributed by atoms with Crippen molar-refractivity contribution < 1.29 is 17.9 Å². The van der Waals surface area contributed by atoms with E-state index in [-0.39, 0.29) is 29.0 Å². The monoisotopic (exact) mass is 455 g/mol. The number of amides is 1. The van der Waals surface area contributed by atoms with E-state index in [9.17, 15) is 13.2 Å². The fourth-order valence-corrected chi connectivity index (χ4v) is 5.53. The molecule has 0 aliphatic carbocycles. The number of sulfone groups is 1. The third-order valence-electron chi connectivity index (χ3n) is 4.82. The average Bonchev–Trinajstić information content (AvgIpc) is 3.04. The van der Waals surface area contributed by atoms with Crippen molar-refractivity contribution in [1.82, 2.24) is 4.90 Å². The topological polar surface area (TPSA) is 63.7 Å². The summed E-state index contributed by atoms with van der Waals surface area (Å²) in [4.78, 5) is 14.9. The maximum Gasteiger partial charge on any atom is 0.255 e. The van der Waals surface area contributed by atoms with Crippen LogP contribution in [0, 0.1) is 0 Å². The van der Waals surface area contributed by atoms with Gasteiger partial charge in [-0.05, 0) is 48.7 Å². The number of nitrogens with zero attached hydrogens (tertiary/aromatic N) is 1. The first kappa shape index (κ1) is 21.9. The molecule has 1 aliphatic heterocycles. The van der Waals surface area contributed by atoms with Crippen molar-refractivity contribution in [2.45, 2.75) is 32.4 Å². The Labute approximate surface area is 181 Å². The highest BCUT2D eigenvalue weighted by atomic mass is 35.5. The summed E-state index contributed by atoms with van der Waals surface area (Å²) >= 11 is 12.2. The van der Waals surface area contributed by atoms with E-state index in [1.807, 2.05) is 31.2 Å². The number of halogens is 2. The largest absolute Gasteiger partial charge is 0.494 e. The van der Waals surface area contributed by atoms with Gasteiger partial charge in [-0.1, -0.05) is 42.3 Å². The number of benzene rings is 2. The standard InChI is InChI=1S/C21H23Cl2NO4S/c1-2-10-28-18-6-3-15(4-7-18)13-24(17-9-11-29(26,27)14-17)21(25)19-8-5-16(22)12-20(19)23/h3-8,12,17H,2,9-11,13-14H2,1H3. The summed E-state index contributed by atoms with van der Waals surface area (Å²) in [5.41, 5.74) is 1.19. The maximum atomic E-state index is 13.3. The van der Waals surface area contributed by atoms with Gasteiger partial charge in [0.1, 0.15) is 5.75 Å². The molecule has 156 valence electrons. The normalized spacial score (nSPS) is 17.8. The number of rotatable bonds is 7. The predicted molar refractivity (Wildman–Crippen MR) is 116 cm³/mol. The molecule has 0 radical (unpaired) electrons. The molecule has 1 saturated heterocycles. The fraction of sp³-hybridized carbons (Fsp3) is 0.381. The van der Waals surface area contributed by atoms with E-state index in [4.69, 9.17) is 27.9 Å². The molecule has 8 heteroatoms. The molecule has 1 heterocycles. The second kappa shape index (κ2) is 9.37. The molecular formula is C21H23Cl2NO4S. The molecule has 1 fully saturated rings. The third kappa shape index (κ3) is 5.65. The van der Waals surface area contributed by atoms with Gasteiger partial charge in [0.2, 0.25) is 0 Å². The highest BCUT2D eigenvalue weighted by Crippen LogP contribution is 2.27. The summed E-state index contributed by atoms with van der Waals surface area (Å²) in [7, 11) is -3.15. The van der Waals surface area contributed by atoms with Gasteiger partial charge in [-0.25, -0.2) is 8.42 Å². The first-order valence-electron chi connectivity index (χ1n) is 9.47. The van der Waals surface area contributed by atoms with Crippen molar-refractivity contribution in [1.29, 1.82) is 0 Å². The Morgan fingerprint density at radius 3 is 2.48 bits per heavy atom. The zero-order valence-corrected chi connectivity index (χ0v) is 18.4. The van der Waals surface area contributed by atoms with Crippen molar-refractivity contribution in [2.75, 3.05) is 18.1 Å². The zero-order valence-electron chi connectivity index (χ0n) is 16.1. The molecule has 3 rings (SSSR count). The van der Waals surface area contributed by atoms with Crippen LogP contribution in [0.5, 0.6) is 5.75 Å². The van der Waals surface area contributed by atoms with Gasteiger partial charge in [0, 0.05) is 17.6 Å². The molecule has 0 bridgehead atoms. The molecule has 1 aliphatic rings. The van der Waals surface area contributed by atoms with E-state index < -0.39 is 15.9 Å². The lowest BCUT2D eigenvalue weighted by Crippen LogP contribution is -2.40. The summed E-state index contributed by atoms with van der Waals surface area (Å²) in [5.74, 6) is 0.499. The second-order valence-corrected chi connectivity index (χ2v) is 10.2. The zero-order chi connectivity index (χ0) is 21.0. The summed E-state index contributed by atoms with van der Waals surface area (Å²) in [6.07, 6.45) is 1.33. The molecule has 2 aromatic carbocycles. The lowest BCUT2D eigenvalue weighted by atomic mass is 10.1. The first-order valence-corrected chi connectivity index (χ1v) is 12.0. The fourth-order valence-electron chi connectivity index (χ4n) is 3.31. The third-order valence-corrected chi connectivity index (χ3v) is 7.12. The summed E-state index contributed by atoms with van der Waals surface area (Å²) in [6.45, 7) is 2.96. The Hall–Kier alpha value is -1.76. The molecule has 0 N–H and O–H groups in total. The minimum atomic E-state index is -3.15. The van der Waals surface area contributed by atoms with E-state index in [1.165, 1.54) is 6.07 Å². The van der Waals surface area contributed by atoms with Gasteiger partial charge in [0.15, 0.2) is 9.84 Å². The van der Waals surface area contributed by atoms with Gasteiger partial charge >= 0.3 is 0 Å². The van der Waals surface area contributed by atoms with Crippen molar-refractivity contribution in [3.05, 3.63) is 63.6 Å². The van der Waals surface area contributed by atoms with Crippen molar-refractivity contribution >= 4 is 38.9 Å². The van der Waals surface area contributed by atoms with E-state index in [1.54, 1.807) is 17.0 Å². The summed E-state index contributed by atoms with van der Waals surface area (Å²) < 4.78 is 29.6. The minimum absolute atomic E-state index is 0.0400. The number of hydrogen-bond acceptors (Lipinski definition) is 4. The Balaban J connectivity index is 1.86. The van der Waals surface area contributed by atoms with E-state index in [0.717, 1.165) is 17.7 Å². The van der Waals surface area contributed by atoms with Crippen LogP contribution in [0.4, 0.5) is 0 Å².